The van der Waals surface area contributed by atoms with Gasteiger partial charge in [-0.1, -0.05) is 6.07 Å². The van der Waals surface area contributed by atoms with Crippen LogP contribution in [-0.4, -0.2) is 33.8 Å². The summed E-state index contributed by atoms with van der Waals surface area (Å²) in [5.74, 6) is -0.0921. The maximum absolute atomic E-state index is 12.7. The molecule has 0 radical (unpaired) electrons. The summed E-state index contributed by atoms with van der Waals surface area (Å²) in [5.41, 5.74) is 7.67. The number of hydrogen-bond acceptors (Lipinski definition) is 5. The van der Waals surface area contributed by atoms with Gasteiger partial charge in [0.05, 0.1) is 27.7 Å². The molecule has 0 saturated heterocycles. The van der Waals surface area contributed by atoms with Crippen molar-refractivity contribution >= 4 is 53.1 Å². The molecule has 0 aromatic carbocycles. The molecule has 9 heteroatoms. The number of pyridine rings is 1. The molecule has 3 N–H and O–H groups in total. The Kier molecular flexibility index (Phi) is 9.18. The van der Waals surface area contributed by atoms with E-state index in [2.05, 4.69) is 24.3 Å². The van der Waals surface area contributed by atoms with Gasteiger partial charge in [0.25, 0.3) is 5.91 Å². The van der Waals surface area contributed by atoms with Gasteiger partial charge in [0.2, 0.25) is 0 Å². The molecule has 148 valence electrons. The minimum atomic E-state index is -0.0921. The predicted molar refractivity (Wildman–Crippen MR) is 116 cm³/mol. The van der Waals surface area contributed by atoms with E-state index in [0.717, 1.165) is 34.4 Å². The van der Waals surface area contributed by atoms with Gasteiger partial charge >= 0.3 is 0 Å². The lowest BCUT2D eigenvalue weighted by molar-refractivity contribution is 0.0954. The van der Waals surface area contributed by atoms with Crippen molar-refractivity contribution in [3.63, 3.8) is 0 Å². The fourth-order valence-electron chi connectivity index (χ4n) is 2.70. The summed E-state index contributed by atoms with van der Waals surface area (Å²) in [5, 5.41) is 10.2. The van der Waals surface area contributed by atoms with Crippen molar-refractivity contribution < 1.29 is 4.79 Å². The molecule has 27 heavy (non-hydrogen) atoms. The fourth-order valence-corrected chi connectivity index (χ4v) is 3.39. The standard InChI is InChI=1S/C18H23N5OS.2ClH/c1-12(2)23-17-14(11-21-23)13(18(24)20-8-4-3-7-19)10-15(22-17)16-6-5-9-25-16;;/h5-6,9-12H,3-4,7-8,19H2,1-2H3,(H,20,24);2*1H. The van der Waals surface area contributed by atoms with E-state index in [4.69, 9.17) is 10.7 Å². The third-order valence-corrected chi connectivity index (χ3v) is 4.88. The highest BCUT2D eigenvalue weighted by atomic mass is 35.5. The maximum Gasteiger partial charge on any atom is 0.252 e. The molecule has 0 atom stereocenters. The van der Waals surface area contributed by atoms with Crippen LogP contribution < -0.4 is 11.1 Å². The van der Waals surface area contributed by atoms with Gasteiger partial charge in [0.1, 0.15) is 0 Å². The second kappa shape index (κ2) is 10.6. The molecule has 0 aliphatic carbocycles. The Hall–Kier alpha value is -1.67. The van der Waals surface area contributed by atoms with Crippen LogP contribution in [0.1, 0.15) is 43.1 Å². The lowest BCUT2D eigenvalue weighted by Crippen LogP contribution is -2.25. The van der Waals surface area contributed by atoms with E-state index in [1.54, 1.807) is 17.5 Å². The topological polar surface area (TPSA) is 85.8 Å². The number of aromatic nitrogens is 3. The van der Waals surface area contributed by atoms with E-state index >= 15 is 0 Å². The zero-order chi connectivity index (χ0) is 17.8. The van der Waals surface area contributed by atoms with Gasteiger partial charge in [-0.3, -0.25) is 4.79 Å². The molecule has 6 nitrogen and oxygen atoms in total. The number of carbonyl (C=O) groups is 1. The number of hydrogen-bond donors (Lipinski definition) is 2. The minimum Gasteiger partial charge on any atom is -0.352 e. The normalized spacial score (nSPS) is 10.5. The van der Waals surface area contributed by atoms with Gasteiger partial charge in [-0.05, 0) is 50.7 Å². The lowest BCUT2D eigenvalue weighted by atomic mass is 10.1. The molecule has 3 aromatic rings. The Balaban J connectivity index is 0.00000182. The van der Waals surface area contributed by atoms with Gasteiger partial charge < -0.3 is 11.1 Å². The number of fused-ring (bicyclic) bond motifs is 1. The molecule has 3 aromatic heterocycles. The summed E-state index contributed by atoms with van der Waals surface area (Å²) in [6.07, 6.45) is 3.51. The molecule has 0 unspecified atom stereocenters. The molecule has 1 amide bonds. The molecule has 0 aliphatic rings. The number of amides is 1. The highest BCUT2D eigenvalue weighted by molar-refractivity contribution is 7.13. The zero-order valence-corrected chi connectivity index (χ0v) is 17.8. The van der Waals surface area contributed by atoms with Crippen LogP contribution in [0.3, 0.4) is 0 Å². The van der Waals surface area contributed by atoms with Crippen LogP contribution in [0.5, 0.6) is 0 Å². The second-order valence-electron chi connectivity index (χ2n) is 6.20. The summed E-state index contributed by atoms with van der Waals surface area (Å²) < 4.78 is 1.86. The Labute approximate surface area is 175 Å². The number of rotatable bonds is 7. The monoisotopic (exact) mass is 429 g/mol. The summed E-state index contributed by atoms with van der Waals surface area (Å²) in [6.45, 7) is 5.36. The first-order valence-electron chi connectivity index (χ1n) is 8.52. The highest BCUT2D eigenvalue weighted by Crippen LogP contribution is 2.28. The van der Waals surface area contributed by atoms with Gasteiger partial charge in [0, 0.05) is 12.6 Å². The van der Waals surface area contributed by atoms with E-state index in [1.165, 1.54) is 0 Å². The highest BCUT2D eigenvalue weighted by Gasteiger charge is 2.18. The SMILES string of the molecule is CC(C)n1ncc2c(C(=O)NCCCCN)cc(-c3cccs3)nc21.Cl.Cl. The quantitative estimate of drug-likeness (QED) is 0.554. The third kappa shape index (κ3) is 5.19. The number of unbranched alkanes of at least 4 members (excludes halogenated alkanes) is 1. The van der Waals surface area contributed by atoms with Crippen molar-refractivity contribution in [1.82, 2.24) is 20.1 Å². The summed E-state index contributed by atoms with van der Waals surface area (Å²) >= 11 is 1.61. The van der Waals surface area contributed by atoms with Crippen LogP contribution >= 0.6 is 36.2 Å². The van der Waals surface area contributed by atoms with E-state index in [0.29, 0.717) is 18.7 Å². The van der Waals surface area contributed by atoms with Crippen LogP contribution in [0.2, 0.25) is 0 Å². The smallest absolute Gasteiger partial charge is 0.252 e. The first-order valence-corrected chi connectivity index (χ1v) is 9.40. The summed E-state index contributed by atoms with van der Waals surface area (Å²) in [4.78, 5) is 18.5. The van der Waals surface area contributed by atoms with Gasteiger partial charge in [-0.25, -0.2) is 9.67 Å². The molecule has 0 spiro atoms. The van der Waals surface area contributed by atoms with Crippen molar-refractivity contribution in [3.05, 3.63) is 35.3 Å². The van der Waals surface area contributed by atoms with E-state index in [9.17, 15) is 4.79 Å². The Morgan fingerprint density at radius 2 is 2.11 bits per heavy atom. The van der Waals surface area contributed by atoms with Crippen molar-refractivity contribution in [3.8, 4) is 10.6 Å². The van der Waals surface area contributed by atoms with Crippen molar-refractivity contribution in [2.45, 2.75) is 32.7 Å². The van der Waals surface area contributed by atoms with Crippen LogP contribution in [-0.2, 0) is 0 Å². The summed E-state index contributed by atoms with van der Waals surface area (Å²) in [7, 11) is 0. The summed E-state index contributed by atoms with van der Waals surface area (Å²) in [6, 6.07) is 6.03. The Morgan fingerprint density at radius 3 is 2.74 bits per heavy atom. The van der Waals surface area contributed by atoms with Gasteiger partial charge in [-0.15, -0.1) is 36.2 Å². The molecule has 0 aliphatic heterocycles. The lowest BCUT2D eigenvalue weighted by Gasteiger charge is -2.10. The van der Waals surface area contributed by atoms with Crippen LogP contribution in [0.15, 0.2) is 29.8 Å². The van der Waals surface area contributed by atoms with Crippen LogP contribution in [0.25, 0.3) is 21.6 Å². The Morgan fingerprint density at radius 1 is 1.33 bits per heavy atom. The Bertz CT molecular complexity index is 864. The number of thiophene rings is 1. The van der Waals surface area contributed by atoms with Crippen LogP contribution in [0.4, 0.5) is 0 Å². The van der Waals surface area contributed by atoms with Crippen molar-refractivity contribution in [2.75, 3.05) is 13.1 Å². The molecule has 0 saturated carbocycles. The largest absolute Gasteiger partial charge is 0.352 e. The first-order chi connectivity index (χ1) is 12.1. The number of halogens is 2. The van der Waals surface area contributed by atoms with Crippen molar-refractivity contribution in [1.29, 1.82) is 0 Å². The average molecular weight is 430 g/mol. The zero-order valence-electron chi connectivity index (χ0n) is 15.3. The molecule has 0 fully saturated rings. The number of nitrogens with one attached hydrogen (secondary N) is 1. The number of nitrogens with zero attached hydrogens (tertiary/aromatic N) is 3. The molecule has 0 bridgehead atoms. The molecular weight excluding hydrogens is 405 g/mol. The number of carbonyl (C=O) groups excluding carboxylic acids is 1. The van der Waals surface area contributed by atoms with Gasteiger partial charge in [-0.2, -0.15) is 5.10 Å². The minimum absolute atomic E-state index is 0. The second-order valence-corrected chi connectivity index (χ2v) is 7.15. The van der Waals surface area contributed by atoms with Crippen LogP contribution in [0, 0.1) is 0 Å². The number of nitrogens with two attached hydrogens (primary N) is 1. The fraction of sp³-hybridized carbons (Fsp3) is 0.389. The van der Waals surface area contributed by atoms with Crippen molar-refractivity contribution in [2.24, 2.45) is 5.73 Å². The molecule has 3 heterocycles. The maximum atomic E-state index is 12.7. The van der Waals surface area contributed by atoms with E-state index in [-0.39, 0.29) is 36.8 Å². The molecule has 3 rings (SSSR count). The van der Waals surface area contributed by atoms with E-state index < -0.39 is 0 Å². The predicted octanol–water partition coefficient (Wildman–Crippen LogP) is 4.05. The molecular formula is C18H25Cl2N5OS. The first kappa shape index (κ1) is 23.4. The van der Waals surface area contributed by atoms with E-state index in [1.807, 2.05) is 28.3 Å². The third-order valence-electron chi connectivity index (χ3n) is 3.99. The van der Waals surface area contributed by atoms with Gasteiger partial charge in [0.15, 0.2) is 5.65 Å². The average Bonchev–Trinajstić information content (AvgIpc) is 3.26.